The van der Waals surface area contributed by atoms with Crippen molar-refractivity contribution in [1.29, 1.82) is 0 Å². The summed E-state index contributed by atoms with van der Waals surface area (Å²) in [6.45, 7) is 1.35. The summed E-state index contributed by atoms with van der Waals surface area (Å²) in [5.74, 6) is -1.62. The molecule has 2 aromatic rings. The fourth-order valence-corrected chi connectivity index (χ4v) is 6.48. The highest BCUT2D eigenvalue weighted by atomic mass is 16.6. The van der Waals surface area contributed by atoms with Gasteiger partial charge < -0.3 is 34.9 Å². The predicted octanol–water partition coefficient (Wildman–Crippen LogP) is 3.30. The van der Waals surface area contributed by atoms with Crippen molar-refractivity contribution in [2.24, 2.45) is 5.92 Å². The summed E-state index contributed by atoms with van der Waals surface area (Å²) in [6, 6.07) is 15.0. The van der Waals surface area contributed by atoms with Gasteiger partial charge in [0.15, 0.2) is 0 Å². The minimum atomic E-state index is -0.916. The molecule has 0 saturated carbocycles. The van der Waals surface area contributed by atoms with Gasteiger partial charge in [-0.3, -0.25) is 9.59 Å². The molecule has 1 saturated heterocycles. The van der Waals surface area contributed by atoms with Crippen molar-refractivity contribution in [1.82, 2.24) is 15.5 Å². The van der Waals surface area contributed by atoms with E-state index in [4.69, 9.17) is 19.3 Å². The first kappa shape index (κ1) is 33.2. The Labute approximate surface area is 269 Å². The summed E-state index contributed by atoms with van der Waals surface area (Å²) in [6.07, 6.45) is 5.62. The molecule has 0 bridgehead atoms. The van der Waals surface area contributed by atoms with Crippen LogP contribution in [0.15, 0.2) is 60.7 Å². The van der Waals surface area contributed by atoms with Crippen LogP contribution in [0.25, 0.3) is 11.1 Å². The molecule has 1 fully saturated rings. The highest BCUT2D eigenvalue weighted by molar-refractivity contribution is 5.86. The Balaban J connectivity index is 1.19. The molecular weight excluding hydrogens is 590 g/mol. The van der Waals surface area contributed by atoms with Crippen molar-refractivity contribution in [2.75, 3.05) is 46.1 Å². The Morgan fingerprint density at radius 1 is 0.978 bits per heavy atom. The molecule has 2 aromatic carbocycles. The number of nitrogens with one attached hydrogen (secondary N) is 2. The molecule has 2 aliphatic heterocycles. The average molecular weight is 634 g/mol. The third-order valence-electron chi connectivity index (χ3n) is 8.79. The topological polar surface area (TPSA) is 144 Å². The van der Waals surface area contributed by atoms with Crippen molar-refractivity contribution >= 4 is 23.9 Å². The standard InChI is InChI=1S/C35H43N3O8/c39-18-20-44-19-16-36-32(40)21-24-9-2-1-3-15-31(34(42)45-22-25-10-8-17-38(25)33(24)41)37-35(43)46-23-30-28-13-6-4-11-26(28)27-12-5-7-14-29(27)30/h1-2,4-7,11-14,24-25,30-31,39H,3,8-10,15-23H2,(H,36,40)(H,37,43). The van der Waals surface area contributed by atoms with Crippen LogP contribution in [0.3, 0.4) is 0 Å². The molecule has 46 heavy (non-hydrogen) atoms. The van der Waals surface area contributed by atoms with Gasteiger partial charge in [-0.25, -0.2) is 9.59 Å². The summed E-state index contributed by atoms with van der Waals surface area (Å²) >= 11 is 0. The lowest BCUT2D eigenvalue weighted by Crippen LogP contribution is -2.46. The van der Waals surface area contributed by atoms with Gasteiger partial charge in [0.1, 0.15) is 19.3 Å². The van der Waals surface area contributed by atoms with E-state index in [2.05, 4.69) is 22.8 Å². The zero-order chi connectivity index (χ0) is 32.3. The second kappa shape index (κ2) is 16.4. The first-order valence-corrected chi connectivity index (χ1v) is 16.1. The molecule has 3 aliphatic rings. The lowest BCUT2D eigenvalue weighted by Gasteiger charge is -2.28. The lowest BCUT2D eigenvalue weighted by atomic mass is 9.97. The van der Waals surface area contributed by atoms with Crippen LogP contribution in [0.5, 0.6) is 0 Å². The van der Waals surface area contributed by atoms with Crippen LogP contribution in [-0.2, 0) is 28.6 Å². The van der Waals surface area contributed by atoms with Crippen molar-refractivity contribution in [3.8, 4) is 11.1 Å². The van der Waals surface area contributed by atoms with Crippen LogP contribution in [-0.4, -0.2) is 92.1 Å². The van der Waals surface area contributed by atoms with E-state index in [-0.39, 0.29) is 69.8 Å². The fraction of sp³-hybridized carbons (Fsp3) is 0.486. The molecule has 246 valence electrons. The first-order chi connectivity index (χ1) is 22.5. The van der Waals surface area contributed by atoms with Crippen LogP contribution in [0.1, 0.15) is 55.6 Å². The molecule has 0 aromatic heterocycles. The Kier molecular flexibility index (Phi) is 11.8. The largest absolute Gasteiger partial charge is 0.462 e. The van der Waals surface area contributed by atoms with Gasteiger partial charge in [-0.05, 0) is 54.4 Å². The number of allylic oxidation sites excluding steroid dienone is 2. The lowest BCUT2D eigenvalue weighted by molar-refractivity contribution is -0.150. The Morgan fingerprint density at radius 3 is 2.46 bits per heavy atom. The van der Waals surface area contributed by atoms with E-state index in [0.29, 0.717) is 32.2 Å². The molecule has 3 N–H and O–H groups in total. The molecule has 5 rings (SSSR count). The zero-order valence-electron chi connectivity index (χ0n) is 26.0. The van der Waals surface area contributed by atoms with Gasteiger partial charge in [0.05, 0.1) is 31.8 Å². The highest BCUT2D eigenvalue weighted by Crippen LogP contribution is 2.44. The van der Waals surface area contributed by atoms with E-state index in [1.165, 1.54) is 0 Å². The van der Waals surface area contributed by atoms with E-state index < -0.39 is 24.0 Å². The number of amides is 3. The van der Waals surface area contributed by atoms with Crippen LogP contribution in [0, 0.1) is 5.92 Å². The minimum absolute atomic E-state index is 0.0159. The number of alkyl carbamates (subject to hydrolysis) is 1. The SMILES string of the molecule is O=C(CC1CC=CCCC(NC(=O)OCC2c3ccccc3-c3ccccc32)C(=O)OCC2CCCN2C1=O)NCCOCCO. The monoisotopic (exact) mass is 633 g/mol. The van der Waals surface area contributed by atoms with E-state index in [0.717, 1.165) is 28.7 Å². The number of fused-ring (bicyclic) bond motifs is 4. The maximum absolute atomic E-state index is 13.6. The average Bonchev–Trinajstić information content (AvgIpc) is 3.67. The number of ether oxygens (including phenoxy) is 3. The second-order valence-electron chi connectivity index (χ2n) is 11.9. The van der Waals surface area contributed by atoms with E-state index in [1.807, 2.05) is 48.6 Å². The number of aliphatic hydroxyl groups excluding tert-OH is 1. The minimum Gasteiger partial charge on any atom is -0.462 e. The molecular formula is C35H43N3O8. The number of hydrogen-bond donors (Lipinski definition) is 3. The van der Waals surface area contributed by atoms with Gasteiger partial charge in [-0.1, -0.05) is 60.7 Å². The number of aliphatic hydroxyl groups is 1. The summed E-state index contributed by atoms with van der Waals surface area (Å²) in [4.78, 5) is 54.1. The number of carbonyl (C=O) groups excluding carboxylic acids is 4. The Hall–Kier alpha value is -4.22. The number of nitrogens with zero attached hydrogens (tertiary/aromatic N) is 1. The van der Waals surface area contributed by atoms with Crippen molar-refractivity contribution in [3.63, 3.8) is 0 Å². The van der Waals surface area contributed by atoms with Gasteiger partial charge in [0, 0.05) is 25.4 Å². The number of rotatable bonds is 10. The fourth-order valence-electron chi connectivity index (χ4n) is 6.48. The quantitative estimate of drug-likeness (QED) is 0.206. The first-order valence-electron chi connectivity index (χ1n) is 16.1. The van der Waals surface area contributed by atoms with Gasteiger partial charge in [0.25, 0.3) is 0 Å². The summed E-state index contributed by atoms with van der Waals surface area (Å²) < 4.78 is 16.5. The van der Waals surface area contributed by atoms with Crippen molar-refractivity contribution < 1.29 is 38.5 Å². The van der Waals surface area contributed by atoms with Crippen LogP contribution in [0.2, 0.25) is 0 Å². The molecule has 3 unspecified atom stereocenters. The molecule has 0 radical (unpaired) electrons. The van der Waals surface area contributed by atoms with Gasteiger partial charge in [-0.15, -0.1) is 0 Å². The number of benzene rings is 2. The number of cyclic esters (lactones) is 1. The normalized spacial score (nSPS) is 21.6. The Bertz CT molecular complexity index is 1370. The summed E-state index contributed by atoms with van der Waals surface area (Å²) in [7, 11) is 0. The maximum Gasteiger partial charge on any atom is 0.407 e. The van der Waals surface area contributed by atoms with Gasteiger partial charge in [0.2, 0.25) is 11.8 Å². The smallest absolute Gasteiger partial charge is 0.407 e. The molecule has 3 atom stereocenters. The summed E-state index contributed by atoms with van der Waals surface area (Å²) in [5, 5.41) is 14.3. The zero-order valence-corrected chi connectivity index (χ0v) is 26.0. The van der Waals surface area contributed by atoms with Crippen LogP contribution in [0.4, 0.5) is 4.79 Å². The number of hydrogen-bond acceptors (Lipinski definition) is 8. The van der Waals surface area contributed by atoms with Crippen molar-refractivity contribution in [2.45, 2.75) is 56.5 Å². The number of esters is 1. The molecule has 3 amide bonds. The third kappa shape index (κ3) is 8.32. The Morgan fingerprint density at radius 2 is 1.72 bits per heavy atom. The van der Waals surface area contributed by atoms with Gasteiger partial charge >= 0.3 is 12.1 Å². The second-order valence-corrected chi connectivity index (χ2v) is 11.9. The summed E-state index contributed by atoms with van der Waals surface area (Å²) in [5.41, 5.74) is 4.45. The third-order valence-corrected chi connectivity index (χ3v) is 8.79. The molecule has 11 heteroatoms. The van der Waals surface area contributed by atoms with Crippen LogP contribution < -0.4 is 10.6 Å². The van der Waals surface area contributed by atoms with E-state index in [1.54, 1.807) is 4.90 Å². The molecule has 0 spiro atoms. The van der Waals surface area contributed by atoms with E-state index in [9.17, 15) is 19.2 Å². The molecule has 2 heterocycles. The van der Waals surface area contributed by atoms with Gasteiger partial charge in [-0.2, -0.15) is 0 Å². The van der Waals surface area contributed by atoms with Crippen LogP contribution >= 0.6 is 0 Å². The number of carbonyl (C=O) groups is 4. The van der Waals surface area contributed by atoms with E-state index >= 15 is 0 Å². The maximum atomic E-state index is 13.6. The molecule has 11 nitrogen and oxygen atoms in total. The predicted molar refractivity (Wildman–Crippen MR) is 170 cm³/mol. The highest BCUT2D eigenvalue weighted by Gasteiger charge is 2.35. The van der Waals surface area contributed by atoms with Crippen molar-refractivity contribution in [3.05, 3.63) is 71.8 Å². The molecule has 1 aliphatic carbocycles.